The lowest BCUT2D eigenvalue weighted by Crippen LogP contribution is -2.13. The molecule has 0 fully saturated rings. The maximum atomic E-state index is 6.04. The van der Waals surface area contributed by atoms with Crippen LogP contribution in [-0.2, 0) is 6.54 Å². The number of oxazole rings is 1. The molecule has 0 atom stereocenters. The van der Waals surface area contributed by atoms with E-state index in [1.165, 1.54) is 0 Å². The number of nitrogens with zero attached hydrogens (tertiary/aromatic N) is 1. The molecule has 2 rings (SSSR count). The summed E-state index contributed by atoms with van der Waals surface area (Å²) in [7, 11) is 0. The van der Waals surface area contributed by atoms with Crippen molar-refractivity contribution < 1.29 is 4.42 Å². The van der Waals surface area contributed by atoms with Gasteiger partial charge < -0.3 is 9.73 Å². The van der Waals surface area contributed by atoms with E-state index in [4.69, 9.17) is 16.0 Å². The van der Waals surface area contributed by atoms with Crippen LogP contribution in [0, 0.1) is 0 Å². The number of hydrogen-bond donors (Lipinski definition) is 1. The fourth-order valence-corrected chi connectivity index (χ4v) is 1.97. The molecular formula is C13H14BrClN2O. The zero-order valence-electron chi connectivity index (χ0n) is 10.0. The highest BCUT2D eigenvalue weighted by molar-refractivity contribution is 9.10. The van der Waals surface area contributed by atoms with E-state index >= 15 is 0 Å². The first-order valence-corrected chi connectivity index (χ1v) is 6.98. The van der Waals surface area contributed by atoms with Gasteiger partial charge in [0.05, 0.1) is 10.7 Å². The van der Waals surface area contributed by atoms with E-state index in [-0.39, 0.29) is 0 Å². The minimum atomic E-state index is 0.595. The first-order chi connectivity index (χ1) is 8.70. The van der Waals surface area contributed by atoms with Gasteiger partial charge in [0.2, 0.25) is 5.89 Å². The molecule has 1 aromatic carbocycles. The molecule has 0 aliphatic heterocycles. The zero-order chi connectivity index (χ0) is 13.0. The highest BCUT2D eigenvalue weighted by Gasteiger charge is 2.08. The van der Waals surface area contributed by atoms with E-state index in [1.807, 2.05) is 18.2 Å². The molecule has 0 amide bonds. The van der Waals surface area contributed by atoms with Gasteiger partial charge in [0, 0.05) is 16.6 Å². The normalized spacial score (nSPS) is 10.8. The summed E-state index contributed by atoms with van der Waals surface area (Å²) in [5.41, 5.74) is 1.78. The predicted molar refractivity (Wildman–Crippen MR) is 76.6 cm³/mol. The van der Waals surface area contributed by atoms with Gasteiger partial charge in [-0.1, -0.05) is 18.5 Å². The van der Waals surface area contributed by atoms with Crippen molar-refractivity contribution in [2.24, 2.45) is 0 Å². The second-order valence-electron chi connectivity index (χ2n) is 3.95. The monoisotopic (exact) mass is 328 g/mol. The van der Waals surface area contributed by atoms with E-state index in [0.717, 1.165) is 35.2 Å². The molecule has 0 radical (unpaired) electrons. The van der Waals surface area contributed by atoms with Crippen LogP contribution in [-0.4, -0.2) is 11.5 Å². The summed E-state index contributed by atoms with van der Waals surface area (Å²) in [6, 6.07) is 5.64. The summed E-state index contributed by atoms with van der Waals surface area (Å²) in [4.78, 5) is 4.42. The molecule has 0 spiro atoms. The Kier molecular flexibility index (Phi) is 4.80. The maximum absolute atomic E-state index is 6.04. The number of aromatic nitrogens is 1. The average molecular weight is 330 g/mol. The molecule has 2 aromatic rings. The summed E-state index contributed by atoms with van der Waals surface area (Å²) >= 11 is 9.40. The predicted octanol–water partition coefficient (Wildman–Crippen LogP) is 4.26. The summed E-state index contributed by atoms with van der Waals surface area (Å²) in [5.74, 6) is 0.595. The number of rotatable bonds is 5. The Morgan fingerprint density at radius 2 is 2.28 bits per heavy atom. The second-order valence-corrected chi connectivity index (χ2v) is 5.21. The third kappa shape index (κ3) is 3.34. The van der Waals surface area contributed by atoms with Gasteiger partial charge in [0.1, 0.15) is 6.26 Å². The SMILES string of the molecule is CCCNCc1coc(-c2ccc(Br)c(Cl)c2)n1. The van der Waals surface area contributed by atoms with Crippen molar-refractivity contribution in [1.29, 1.82) is 0 Å². The summed E-state index contributed by atoms with van der Waals surface area (Å²) < 4.78 is 6.32. The van der Waals surface area contributed by atoms with Crippen molar-refractivity contribution in [3.8, 4) is 11.5 Å². The van der Waals surface area contributed by atoms with E-state index < -0.39 is 0 Å². The molecule has 5 heteroatoms. The second kappa shape index (κ2) is 6.36. The fourth-order valence-electron chi connectivity index (χ4n) is 1.54. The molecule has 0 aliphatic rings. The van der Waals surface area contributed by atoms with Crippen LogP contribution in [0.3, 0.4) is 0 Å². The molecule has 0 bridgehead atoms. The standard InChI is InChI=1S/C13H14BrClN2O/c1-2-5-16-7-10-8-18-13(17-10)9-3-4-11(14)12(15)6-9/h3-4,6,8,16H,2,5,7H2,1H3. The van der Waals surface area contributed by atoms with Gasteiger partial charge in [-0.3, -0.25) is 0 Å². The Bertz CT molecular complexity index is 527. The first-order valence-electron chi connectivity index (χ1n) is 5.81. The zero-order valence-corrected chi connectivity index (χ0v) is 12.4. The Morgan fingerprint density at radius 1 is 1.44 bits per heavy atom. The van der Waals surface area contributed by atoms with Crippen LogP contribution >= 0.6 is 27.5 Å². The molecule has 1 aromatic heterocycles. The van der Waals surface area contributed by atoms with Crippen LogP contribution in [0.4, 0.5) is 0 Å². The average Bonchev–Trinajstić information content (AvgIpc) is 2.82. The highest BCUT2D eigenvalue weighted by atomic mass is 79.9. The van der Waals surface area contributed by atoms with Crippen molar-refractivity contribution in [2.75, 3.05) is 6.54 Å². The first kappa shape index (κ1) is 13.6. The molecular weight excluding hydrogens is 316 g/mol. The largest absolute Gasteiger partial charge is 0.444 e. The number of hydrogen-bond acceptors (Lipinski definition) is 3. The molecule has 3 nitrogen and oxygen atoms in total. The van der Waals surface area contributed by atoms with Gasteiger partial charge in [-0.2, -0.15) is 0 Å². The van der Waals surface area contributed by atoms with Crippen LogP contribution in [0.15, 0.2) is 33.4 Å². The Labute approximate surface area is 120 Å². The van der Waals surface area contributed by atoms with Crippen molar-refractivity contribution in [3.05, 3.63) is 39.7 Å². The summed E-state index contributed by atoms with van der Waals surface area (Å²) in [6.07, 6.45) is 2.78. The number of halogens is 2. The third-order valence-electron chi connectivity index (χ3n) is 2.45. The molecule has 96 valence electrons. The van der Waals surface area contributed by atoms with Crippen molar-refractivity contribution in [1.82, 2.24) is 10.3 Å². The number of benzene rings is 1. The Balaban J connectivity index is 2.11. The van der Waals surface area contributed by atoms with Crippen LogP contribution in [0.2, 0.25) is 5.02 Å². The van der Waals surface area contributed by atoms with E-state index in [1.54, 1.807) is 6.26 Å². The molecule has 0 saturated heterocycles. The van der Waals surface area contributed by atoms with Gasteiger partial charge in [-0.25, -0.2) is 4.98 Å². The smallest absolute Gasteiger partial charge is 0.226 e. The topological polar surface area (TPSA) is 38.1 Å². The van der Waals surface area contributed by atoms with Gasteiger partial charge in [-0.05, 0) is 47.1 Å². The molecule has 0 unspecified atom stereocenters. The van der Waals surface area contributed by atoms with Crippen LogP contribution in [0.1, 0.15) is 19.0 Å². The lowest BCUT2D eigenvalue weighted by molar-refractivity contribution is 0.570. The van der Waals surface area contributed by atoms with Gasteiger partial charge in [-0.15, -0.1) is 0 Å². The quantitative estimate of drug-likeness (QED) is 0.833. The van der Waals surface area contributed by atoms with Crippen molar-refractivity contribution in [2.45, 2.75) is 19.9 Å². The van der Waals surface area contributed by atoms with E-state index in [0.29, 0.717) is 10.9 Å². The molecule has 0 aliphatic carbocycles. The molecule has 0 saturated carbocycles. The third-order valence-corrected chi connectivity index (χ3v) is 3.68. The molecule has 1 heterocycles. The van der Waals surface area contributed by atoms with Gasteiger partial charge in [0.15, 0.2) is 0 Å². The van der Waals surface area contributed by atoms with Gasteiger partial charge >= 0.3 is 0 Å². The Morgan fingerprint density at radius 3 is 3.00 bits per heavy atom. The van der Waals surface area contributed by atoms with Gasteiger partial charge in [0.25, 0.3) is 0 Å². The summed E-state index contributed by atoms with van der Waals surface area (Å²) in [6.45, 7) is 3.83. The Hall–Kier alpha value is -0.840. The maximum Gasteiger partial charge on any atom is 0.226 e. The highest BCUT2D eigenvalue weighted by Crippen LogP contribution is 2.28. The lowest BCUT2D eigenvalue weighted by atomic mass is 10.2. The summed E-state index contributed by atoms with van der Waals surface area (Å²) in [5, 5.41) is 3.93. The fraction of sp³-hybridized carbons (Fsp3) is 0.308. The minimum Gasteiger partial charge on any atom is -0.444 e. The number of nitrogens with one attached hydrogen (secondary N) is 1. The van der Waals surface area contributed by atoms with Crippen LogP contribution in [0.25, 0.3) is 11.5 Å². The van der Waals surface area contributed by atoms with Crippen molar-refractivity contribution in [3.63, 3.8) is 0 Å². The molecule has 18 heavy (non-hydrogen) atoms. The molecule has 1 N–H and O–H groups in total. The van der Waals surface area contributed by atoms with Crippen molar-refractivity contribution >= 4 is 27.5 Å². The van der Waals surface area contributed by atoms with Crippen LogP contribution < -0.4 is 5.32 Å². The van der Waals surface area contributed by atoms with E-state index in [2.05, 4.69) is 33.2 Å². The van der Waals surface area contributed by atoms with Crippen LogP contribution in [0.5, 0.6) is 0 Å². The van der Waals surface area contributed by atoms with E-state index in [9.17, 15) is 0 Å². The lowest BCUT2D eigenvalue weighted by Gasteiger charge is -1.99. The minimum absolute atomic E-state index is 0.595.